The molecule has 4 nitrogen and oxygen atoms in total. The summed E-state index contributed by atoms with van der Waals surface area (Å²) in [6.45, 7) is 2.86. The van der Waals surface area contributed by atoms with Gasteiger partial charge in [0.05, 0.1) is 4.90 Å². The van der Waals surface area contributed by atoms with Gasteiger partial charge in [-0.2, -0.15) is 4.31 Å². The minimum Gasteiger partial charge on any atom is -0.305 e. The van der Waals surface area contributed by atoms with Crippen molar-refractivity contribution >= 4 is 21.6 Å². The van der Waals surface area contributed by atoms with Crippen LogP contribution < -0.4 is 0 Å². The molecule has 1 aromatic rings. The molecule has 1 aromatic carbocycles. The minimum absolute atomic E-state index is 0.353. The highest BCUT2D eigenvalue weighted by Gasteiger charge is 2.25. The Labute approximate surface area is 120 Å². The first kappa shape index (κ1) is 14.8. The fraction of sp³-hybridized carbons (Fsp3) is 0.538. The summed E-state index contributed by atoms with van der Waals surface area (Å²) in [5.41, 5.74) is 0.927. The number of rotatable bonds is 3. The van der Waals surface area contributed by atoms with Gasteiger partial charge in [-0.3, -0.25) is 0 Å². The summed E-state index contributed by atoms with van der Waals surface area (Å²) in [4.78, 5) is 2.51. The highest BCUT2D eigenvalue weighted by atomic mass is 35.5. The summed E-state index contributed by atoms with van der Waals surface area (Å²) in [5.74, 6) is 0.398. The molecule has 6 heteroatoms. The molecule has 1 fully saturated rings. The van der Waals surface area contributed by atoms with Gasteiger partial charge >= 0.3 is 0 Å². The van der Waals surface area contributed by atoms with Crippen molar-refractivity contribution in [2.75, 3.05) is 33.2 Å². The lowest BCUT2D eigenvalue weighted by Gasteiger charge is -2.20. The zero-order chi connectivity index (χ0) is 13.9. The highest BCUT2D eigenvalue weighted by Crippen LogP contribution is 2.18. The molecule has 0 bridgehead atoms. The van der Waals surface area contributed by atoms with Crippen LogP contribution in [0.2, 0.25) is 0 Å². The van der Waals surface area contributed by atoms with E-state index in [9.17, 15) is 8.42 Å². The van der Waals surface area contributed by atoms with Crippen molar-refractivity contribution < 1.29 is 8.42 Å². The fourth-order valence-corrected chi connectivity index (χ4v) is 3.81. The van der Waals surface area contributed by atoms with Crippen LogP contribution in [0.25, 0.3) is 0 Å². The van der Waals surface area contributed by atoms with Crippen molar-refractivity contribution in [2.45, 2.75) is 17.2 Å². The molecule has 1 aliphatic rings. The average Bonchev–Trinajstić information content (AvgIpc) is 2.64. The van der Waals surface area contributed by atoms with E-state index in [0.29, 0.717) is 23.9 Å². The standard InChI is InChI=1S/C13H19ClN2O2S/c1-15-7-2-8-16(10-9-15)19(17,18)13-5-3-12(11-14)4-6-13/h3-6H,2,7-11H2,1H3. The molecule has 106 valence electrons. The molecule has 1 saturated heterocycles. The Kier molecular flexibility index (Phi) is 4.84. The second-order valence-corrected chi connectivity index (χ2v) is 7.04. The van der Waals surface area contributed by atoms with Gasteiger partial charge in [0.25, 0.3) is 0 Å². The average molecular weight is 303 g/mol. The third-order valence-corrected chi connectivity index (χ3v) is 5.62. The van der Waals surface area contributed by atoms with Crippen LogP contribution >= 0.6 is 11.6 Å². The zero-order valence-corrected chi connectivity index (χ0v) is 12.6. The Balaban J connectivity index is 2.20. The van der Waals surface area contributed by atoms with E-state index in [2.05, 4.69) is 4.90 Å². The smallest absolute Gasteiger partial charge is 0.243 e. The third kappa shape index (κ3) is 3.48. The van der Waals surface area contributed by atoms with Crippen molar-refractivity contribution in [1.82, 2.24) is 9.21 Å². The van der Waals surface area contributed by atoms with Gasteiger partial charge in [-0.25, -0.2) is 8.42 Å². The van der Waals surface area contributed by atoms with Gasteiger partial charge in [-0.15, -0.1) is 11.6 Å². The molecule has 0 atom stereocenters. The summed E-state index contributed by atoms with van der Waals surface area (Å²) < 4.78 is 26.6. The van der Waals surface area contributed by atoms with Gasteiger partial charge in [0, 0.05) is 25.5 Å². The van der Waals surface area contributed by atoms with Crippen molar-refractivity contribution in [3.63, 3.8) is 0 Å². The number of benzene rings is 1. The summed E-state index contributed by atoms with van der Waals surface area (Å²) in [6.07, 6.45) is 0.871. The van der Waals surface area contributed by atoms with Crippen LogP contribution in [0.1, 0.15) is 12.0 Å². The number of alkyl halides is 1. The van der Waals surface area contributed by atoms with Crippen LogP contribution in [0.3, 0.4) is 0 Å². The van der Waals surface area contributed by atoms with E-state index in [0.717, 1.165) is 25.1 Å². The lowest BCUT2D eigenvalue weighted by Crippen LogP contribution is -2.34. The number of hydrogen-bond donors (Lipinski definition) is 0. The number of likely N-dealkylation sites (N-methyl/N-ethyl adjacent to an activating group) is 1. The molecule has 0 aliphatic carbocycles. The van der Waals surface area contributed by atoms with Gasteiger partial charge < -0.3 is 4.90 Å². The first-order valence-corrected chi connectivity index (χ1v) is 8.35. The Morgan fingerprint density at radius 3 is 2.42 bits per heavy atom. The Morgan fingerprint density at radius 2 is 1.79 bits per heavy atom. The molecule has 19 heavy (non-hydrogen) atoms. The van der Waals surface area contributed by atoms with Crippen LogP contribution in [-0.2, 0) is 15.9 Å². The van der Waals surface area contributed by atoms with E-state index >= 15 is 0 Å². The summed E-state index contributed by atoms with van der Waals surface area (Å²) >= 11 is 5.71. The van der Waals surface area contributed by atoms with Gasteiger partial charge in [0.2, 0.25) is 10.0 Å². The van der Waals surface area contributed by atoms with Gasteiger partial charge in [-0.05, 0) is 37.7 Å². The largest absolute Gasteiger partial charge is 0.305 e. The lowest BCUT2D eigenvalue weighted by molar-refractivity contribution is 0.347. The molecular weight excluding hydrogens is 284 g/mol. The van der Waals surface area contributed by atoms with E-state index in [4.69, 9.17) is 11.6 Å². The molecule has 1 aliphatic heterocycles. The van der Waals surface area contributed by atoms with E-state index in [1.165, 1.54) is 0 Å². The van der Waals surface area contributed by atoms with Crippen molar-refractivity contribution in [3.05, 3.63) is 29.8 Å². The molecule has 0 radical (unpaired) electrons. The van der Waals surface area contributed by atoms with Crippen LogP contribution in [0, 0.1) is 0 Å². The quantitative estimate of drug-likeness (QED) is 0.799. The number of hydrogen-bond acceptors (Lipinski definition) is 3. The van der Waals surface area contributed by atoms with E-state index in [1.54, 1.807) is 28.6 Å². The topological polar surface area (TPSA) is 40.6 Å². The molecule has 2 rings (SSSR count). The maximum atomic E-state index is 12.5. The highest BCUT2D eigenvalue weighted by molar-refractivity contribution is 7.89. The molecule has 0 saturated carbocycles. The lowest BCUT2D eigenvalue weighted by atomic mass is 10.2. The number of halogens is 1. The molecule has 0 N–H and O–H groups in total. The Morgan fingerprint density at radius 1 is 1.11 bits per heavy atom. The maximum absolute atomic E-state index is 12.5. The van der Waals surface area contributed by atoms with Crippen LogP contribution in [0.5, 0.6) is 0 Å². The first-order chi connectivity index (χ1) is 9.04. The fourth-order valence-electron chi connectivity index (χ4n) is 2.16. The zero-order valence-electron chi connectivity index (χ0n) is 11.0. The number of sulfonamides is 1. The van der Waals surface area contributed by atoms with Crippen molar-refractivity contribution in [3.8, 4) is 0 Å². The predicted octanol–water partition coefficient (Wildman–Crippen LogP) is 1.75. The predicted molar refractivity (Wildman–Crippen MR) is 76.9 cm³/mol. The summed E-state index contributed by atoms with van der Waals surface area (Å²) in [7, 11) is -1.35. The molecule has 0 aromatic heterocycles. The van der Waals surface area contributed by atoms with E-state index in [-0.39, 0.29) is 0 Å². The molecule has 1 heterocycles. The second kappa shape index (κ2) is 6.22. The van der Waals surface area contributed by atoms with Gasteiger partial charge in [-0.1, -0.05) is 12.1 Å². The summed E-state index contributed by atoms with van der Waals surface area (Å²) in [5, 5.41) is 0. The van der Waals surface area contributed by atoms with Crippen LogP contribution in [0.4, 0.5) is 0 Å². The Hall–Kier alpha value is -0.620. The SMILES string of the molecule is CN1CCCN(S(=O)(=O)c2ccc(CCl)cc2)CC1. The van der Waals surface area contributed by atoms with Gasteiger partial charge in [0.15, 0.2) is 0 Å². The normalized spacial score (nSPS) is 19.3. The van der Waals surface area contributed by atoms with E-state index in [1.807, 2.05) is 7.05 Å². The molecule has 0 amide bonds. The Bertz CT molecular complexity index is 516. The van der Waals surface area contributed by atoms with Crippen molar-refractivity contribution in [2.24, 2.45) is 0 Å². The molecular formula is C13H19ClN2O2S. The van der Waals surface area contributed by atoms with Gasteiger partial charge in [0.1, 0.15) is 0 Å². The molecule has 0 spiro atoms. The number of nitrogens with zero attached hydrogens (tertiary/aromatic N) is 2. The van der Waals surface area contributed by atoms with Crippen LogP contribution in [0.15, 0.2) is 29.2 Å². The third-order valence-electron chi connectivity index (χ3n) is 3.39. The van der Waals surface area contributed by atoms with Crippen LogP contribution in [-0.4, -0.2) is 50.8 Å². The monoisotopic (exact) mass is 302 g/mol. The maximum Gasteiger partial charge on any atom is 0.243 e. The first-order valence-electron chi connectivity index (χ1n) is 6.37. The molecule has 0 unspecified atom stereocenters. The minimum atomic E-state index is -3.37. The second-order valence-electron chi connectivity index (χ2n) is 4.84. The van der Waals surface area contributed by atoms with Crippen molar-refractivity contribution in [1.29, 1.82) is 0 Å². The van der Waals surface area contributed by atoms with E-state index < -0.39 is 10.0 Å². The summed E-state index contributed by atoms with van der Waals surface area (Å²) in [6, 6.07) is 6.82.